The maximum atomic E-state index is 13.3. The van der Waals surface area contributed by atoms with Crippen molar-refractivity contribution < 1.29 is 30.8 Å². The van der Waals surface area contributed by atoms with Gasteiger partial charge in [-0.05, 0) is 28.1 Å². The van der Waals surface area contributed by atoms with Crippen LogP contribution >= 0.6 is 26.6 Å². The van der Waals surface area contributed by atoms with Gasteiger partial charge >= 0.3 is 12.1 Å². The second kappa shape index (κ2) is 5.25. The van der Waals surface area contributed by atoms with Crippen molar-refractivity contribution in [2.45, 2.75) is 11.1 Å². The summed E-state index contributed by atoms with van der Waals surface area (Å²) in [6.07, 6.45) is -5.24. The van der Waals surface area contributed by atoms with E-state index in [1.807, 2.05) is 0 Å². The smallest absolute Gasteiger partial charge is 0.316 e. The Morgan fingerprint density at radius 1 is 1.32 bits per heavy atom. The highest BCUT2D eigenvalue weighted by Gasteiger charge is 2.39. The minimum Gasteiger partial charge on any atom is -0.316 e. The van der Waals surface area contributed by atoms with E-state index in [1.54, 1.807) is 0 Å². The van der Waals surface area contributed by atoms with Crippen LogP contribution in [0.15, 0.2) is 21.5 Å². The summed E-state index contributed by atoms with van der Waals surface area (Å²) in [5.41, 5.74) is -0.954. The fourth-order valence-electron chi connectivity index (χ4n) is 1.00. The van der Waals surface area contributed by atoms with Crippen molar-refractivity contribution in [2.75, 3.05) is 5.32 Å². The van der Waals surface area contributed by atoms with Crippen molar-refractivity contribution in [3.63, 3.8) is 0 Å². The molecule has 19 heavy (non-hydrogen) atoms. The minimum absolute atomic E-state index is 0.287. The third kappa shape index (κ3) is 4.05. The second-order valence-electron chi connectivity index (χ2n) is 3.15. The van der Waals surface area contributed by atoms with Crippen LogP contribution in [0.2, 0.25) is 0 Å². The number of alkyl halides is 3. The van der Waals surface area contributed by atoms with Crippen LogP contribution in [0.5, 0.6) is 0 Å². The highest BCUT2D eigenvalue weighted by molar-refractivity contribution is 9.10. The van der Waals surface area contributed by atoms with E-state index < -0.39 is 37.5 Å². The molecule has 1 rings (SSSR count). The first-order valence-electron chi connectivity index (χ1n) is 4.25. The molecule has 0 aliphatic heterocycles. The summed E-state index contributed by atoms with van der Waals surface area (Å²) in [6.45, 7) is 0. The third-order valence-electron chi connectivity index (χ3n) is 1.79. The maximum absolute atomic E-state index is 13.3. The predicted octanol–water partition coefficient (Wildman–Crippen LogP) is 3.02. The van der Waals surface area contributed by atoms with E-state index in [-0.39, 0.29) is 4.47 Å². The number of amides is 1. The maximum Gasteiger partial charge on any atom is 0.471 e. The zero-order chi connectivity index (χ0) is 15.0. The number of carbonyl (C=O) groups excluding carboxylic acids is 1. The molecule has 0 atom stereocenters. The Hall–Kier alpha value is -0.870. The summed E-state index contributed by atoms with van der Waals surface area (Å²) in [7, 11) is 0.682. The number of nitrogens with one attached hydrogen (secondary N) is 1. The molecule has 1 amide bonds. The summed E-state index contributed by atoms with van der Waals surface area (Å²) < 4.78 is 71.2. The number of benzene rings is 1. The van der Waals surface area contributed by atoms with Gasteiger partial charge in [0.05, 0.1) is 10.6 Å². The molecule has 0 radical (unpaired) electrons. The molecular weight excluding hydrogens is 382 g/mol. The Morgan fingerprint density at radius 3 is 2.26 bits per heavy atom. The van der Waals surface area contributed by atoms with Crippen LogP contribution in [-0.2, 0) is 13.8 Å². The van der Waals surface area contributed by atoms with Crippen molar-refractivity contribution in [1.82, 2.24) is 0 Å². The molecule has 11 heteroatoms. The molecule has 0 saturated heterocycles. The van der Waals surface area contributed by atoms with Crippen LogP contribution in [0.25, 0.3) is 0 Å². The summed E-state index contributed by atoms with van der Waals surface area (Å²) in [5, 5.41) is 1.21. The number of carbonyl (C=O) groups is 1. The Kier molecular flexibility index (Phi) is 4.47. The molecule has 0 aliphatic carbocycles. The van der Waals surface area contributed by atoms with E-state index in [0.29, 0.717) is 12.1 Å². The highest BCUT2D eigenvalue weighted by atomic mass is 79.9. The lowest BCUT2D eigenvalue weighted by Crippen LogP contribution is -2.30. The Balaban J connectivity index is 3.28. The fraction of sp³-hybridized carbons (Fsp3) is 0.125. The number of rotatable bonds is 2. The summed E-state index contributed by atoms with van der Waals surface area (Å²) in [6, 6.07) is 1.05. The molecule has 0 bridgehead atoms. The van der Waals surface area contributed by atoms with Gasteiger partial charge in [0.2, 0.25) is 0 Å². The first-order chi connectivity index (χ1) is 8.43. The minimum atomic E-state index is -5.24. The lowest BCUT2D eigenvalue weighted by Gasteiger charge is -2.10. The Labute approximate surface area is 117 Å². The van der Waals surface area contributed by atoms with Gasteiger partial charge in [-0.2, -0.15) is 13.2 Å². The fourth-order valence-corrected chi connectivity index (χ4v) is 3.17. The van der Waals surface area contributed by atoms with Crippen LogP contribution < -0.4 is 5.32 Å². The molecule has 0 unspecified atom stereocenters. The summed E-state index contributed by atoms with van der Waals surface area (Å²) in [4.78, 5) is 9.96. The number of halogens is 6. The molecule has 0 heterocycles. The summed E-state index contributed by atoms with van der Waals surface area (Å²) in [5.74, 6) is -3.69. The molecule has 0 aliphatic rings. The van der Waals surface area contributed by atoms with E-state index in [1.165, 1.54) is 5.32 Å². The van der Waals surface area contributed by atoms with Gasteiger partial charge in [0.25, 0.3) is 9.05 Å². The monoisotopic (exact) mass is 383 g/mol. The quantitative estimate of drug-likeness (QED) is 0.630. The third-order valence-corrected chi connectivity index (χ3v) is 4.07. The number of hydrogen-bond acceptors (Lipinski definition) is 3. The van der Waals surface area contributed by atoms with Crippen LogP contribution in [0.3, 0.4) is 0 Å². The largest absolute Gasteiger partial charge is 0.471 e. The normalized spacial score (nSPS) is 12.3. The molecule has 1 aromatic rings. The Bertz CT molecular complexity index is 632. The van der Waals surface area contributed by atoms with Crippen LogP contribution in [0.4, 0.5) is 23.2 Å². The first-order valence-corrected chi connectivity index (χ1v) is 7.35. The highest BCUT2D eigenvalue weighted by Crippen LogP contribution is 2.31. The van der Waals surface area contributed by atoms with Gasteiger partial charge in [-0.15, -0.1) is 0 Å². The second-order valence-corrected chi connectivity index (χ2v) is 6.54. The molecule has 0 fully saturated rings. The molecular formula is C8H3BrClF4NO3S. The number of anilines is 1. The first kappa shape index (κ1) is 16.2. The summed E-state index contributed by atoms with van der Waals surface area (Å²) >= 11 is 2.68. The SMILES string of the molecule is O=C(Nc1cc(S(=O)(=O)Cl)c(Br)cc1F)C(F)(F)F. The van der Waals surface area contributed by atoms with E-state index in [4.69, 9.17) is 10.7 Å². The number of hydrogen-bond donors (Lipinski definition) is 1. The van der Waals surface area contributed by atoms with Gasteiger partial charge in [0.1, 0.15) is 5.82 Å². The van der Waals surface area contributed by atoms with Gasteiger partial charge in [-0.1, -0.05) is 0 Å². The van der Waals surface area contributed by atoms with Gasteiger partial charge in [0.15, 0.2) is 0 Å². The van der Waals surface area contributed by atoms with Crippen molar-refractivity contribution in [3.8, 4) is 0 Å². The van der Waals surface area contributed by atoms with Crippen molar-refractivity contribution >= 4 is 47.3 Å². The van der Waals surface area contributed by atoms with Crippen molar-refractivity contribution in [2.24, 2.45) is 0 Å². The average Bonchev–Trinajstić information content (AvgIpc) is 2.18. The van der Waals surface area contributed by atoms with E-state index >= 15 is 0 Å². The zero-order valence-electron chi connectivity index (χ0n) is 8.56. The van der Waals surface area contributed by atoms with E-state index in [0.717, 1.165) is 0 Å². The van der Waals surface area contributed by atoms with Gasteiger partial charge in [-0.3, -0.25) is 4.79 Å². The van der Waals surface area contributed by atoms with Crippen molar-refractivity contribution in [1.29, 1.82) is 0 Å². The molecule has 0 spiro atoms. The molecule has 106 valence electrons. The molecule has 4 nitrogen and oxygen atoms in total. The van der Waals surface area contributed by atoms with Crippen LogP contribution in [-0.4, -0.2) is 20.5 Å². The topological polar surface area (TPSA) is 63.2 Å². The van der Waals surface area contributed by atoms with Gasteiger partial charge < -0.3 is 5.32 Å². The molecule has 0 aromatic heterocycles. The van der Waals surface area contributed by atoms with Crippen LogP contribution in [0.1, 0.15) is 0 Å². The lowest BCUT2D eigenvalue weighted by atomic mass is 10.3. The molecule has 1 N–H and O–H groups in total. The zero-order valence-corrected chi connectivity index (χ0v) is 11.7. The predicted molar refractivity (Wildman–Crippen MR) is 61.8 cm³/mol. The standard InChI is InChI=1S/C8H3BrClF4NO3S/c9-3-1-4(11)5(2-6(3)19(10,17)18)15-7(16)8(12,13)14/h1-2H,(H,15,16). The van der Waals surface area contributed by atoms with E-state index in [9.17, 15) is 30.8 Å². The van der Waals surface area contributed by atoms with Gasteiger partial charge in [0, 0.05) is 15.2 Å². The molecule has 1 aromatic carbocycles. The van der Waals surface area contributed by atoms with E-state index in [2.05, 4.69) is 15.9 Å². The van der Waals surface area contributed by atoms with Gasteiger partial charge in [-0.25, -0.2) is 12.8 Å². The Morgan fingerprint density at radius 2 is 1.84 bits per heavy atom. The van der Waals surface area contributed by atoms with Crippen molar-refractivity contribution in [3.05, 3.63) is 22.4 Å². The van der Waals surface area contributed by atoms with Crippen LogP contribution in [0, 0.1) is 5.82 Å². The lowest BCUT2D eigenvalue weighted by molar-refractivity contribution is -0.167. The molecule has 0 saturated carbocycles. The average molecular weight is 385 g/mol.